The number of carbonyl (C=O) groups excluding carboxylic acids is 1. The van der Waals surface area contributed by atoms with Crippen LogP contribution in [-0.2, 0) is 4.79 Å². The Morgan fingerprint density at radius 2 is 2.25 bits per heavy atom. The molecule has 0 spiro atoms. The van der Waals surface area contributed by atoms with E-state index >= 15 is 0 Å². The van der Waals surface area contributed by atoms with Gasteiger partial charge in [-0.15, -0.1) is 6.58 Å². The van der Waals surface area contributed by atoms with Crippen LogP contribution in [0.25, 0.3) is 0 Å². The van der Waals surface area contributed by atoms with Gasteiger partial charge in [-0.05, 0) is 30.7 Å². The SMILES string of the molecule is C=CCNCC(=O)Nc1cc(C)cc(F)c1. The molecule has 1 rings (SSSR count). The minimum Gasteiger partial charge on any atom is -0.325 e. The standard InChI is InChI=1S/C12H15FN2O/c1-3-4-14-8-12(16)15-11-6-9(2)5-10(13)7-11/h3,5-7,14H,1,4,8H2,2H3,(H,15,16). The molecule has 0 bridgehead atoms. The molecule has 16 heavy (non-hydrogen) atoms. The Morgan fingerprint density at radius 1 is 1.50 bits per heavy atom. The summed E-state index contributed by atoms with van der Waals surface area (Å²) >= 11 is 0. The fourth-order valence-corrected chi connectivity index (χ4v) is 1.30. The zero-order valence-corrected chi connectivity index (χ0v) is 9.22. The second kappa shape index (κ2) is 6.02. The van der Waals surface area contributed by atoms with Gasteiger partial charge < -0.3 is 10.6 Å². The Labute approximate surface area is 94.4 Å². The Balaban J connectivity index is 2.52. The third-order valence-corrected chi connectivity index (χ3v) is 1.90. The molecule has 0 saturated carbocycles. The van der Waals surface area contributed by atoms with Gasteiger partial charge in [0.2, 0.25) is 5.91 Å². The van der Waals surface area contributed by atoms with E-state index in [1.165, 1.54) is 12.1 Å². The van der Waals surface area contributed by atoms with Crippen molar-refractivity contribution in [3.8, 4) is 0 Å². The molecule has 3 nitrogen and oxygen atoms in total. The molecular weight excluding hydrogens is 207 g/mol. The van der Waals surface area contributed by atoms with Crippen molar-refractivity contribution in [2.45, 2.75) is 6.92 Å². The molecule has 4 heteroatoms. The van der Waals surface area contributed by atoms with E-state index in [1.54, 1.807) is 19.1 Å². The van der Waals surface area contributed by atoms with E-state index in [4.69, 9.17) is 0 Å². The van der Waals surface area contributed by atoms with Gasteiger partial charge in [0.15, 0.2) is 0 Å². The first-order valence-electron chi connectivity index (χ1n) is 5.00. The predicted octanol–water partition coefficient (Wildman–Crippen LogP) is 1.85. The largest absolute Gasteiger partial charge is 0.325 e. The highest BCUT2D eigenvalue weighted by atomic mass is 19.1. The first kappa shape index (κ1) is 12.4. The molecule has 0 atom stereocenters. The second-order valence-electron chi connectivity index (χ2n) is 3.49. The molecule has 86 valence electrons. The zero-order chi connectivity index (χ0) is 12.0. The molecule has 0 aromatic heterocycles. The van der Waals surface area contributed by atoms with E-state index in [0.29, 0.717) is 12.2 Å². The summed E-state index contributed by atoms with van der Waals surface area (Å²) in [7, 11) is 0. The lowest BCUT2D eigenvalue weighted by Crippen LogP contribution is -2.28. The molecule has 0 aliphatic heterocycles. The average Bonchev–Trinajstić information content (AvgIpc) is 2.16. The lowest BCUT2D eigenvalue weighted by molar-refractivity contribution is -0.115. The third-order valence-electron chi connectivity index (χ3n) is 1.90. The predicted molar refractivity (Wildman–Crippen MR) is 62.8 cm³/mol. The molecular formula is C12H15FN2O. The van der Waals surface area contributed by atoms with E-state index in [2.05, 4.69) is 17.2 Å². The summed E-state index contributed by atoms with van der Waals surface area (Å²) in [5.74, 6) is -0.554. The van der Waals surface area contributed by atoms with Gasteiger partial charge in [-0.25, -0.2) is 4.39 Å². The summed E-state index contributed by atoms with van der Waals surface area (Å²) in [6.07, 6.45) is 1.67. The van der Waals surface area contributed by atoms with Crippen molar-refractivity contribution in [3.63, 3.8) is 0 Å². The highest BCUT2D eigenvalue weighted by Gasteiger charge is 2.03. The minimum absolute atomic E-state index is 0.182. The van der Waals surface area contributed by atoms with Crippen LogP contribution in [0.15, 0.2) is 30.9 Å². The molecule has 0 fully saturated rings. The van der Waals surface area contributed by atoms with Gasteiger partial charge in [-0.3, -0.25) is 4.79 Å². The number of amides is 1. The molecule has 1 aromatic rings. The van der Waals surface area contributed by atoms with E-state index in [0.717, 1.165) is 5.56 Å². The quantitative estimate of drug-likeness (QED) is 0.589. The number of rotatable bonds is 5. The van der Waals surface area contributed by atoms with Crippen LogP contribution in [0.2, 0.25) is 0 Å². The topological polar surface area (TPSA) is 41.1 Å². The van der Waals surface area contributed by atoms with Crippen LogP contribution >= 0.6 is 0 Å². The summed E-state index contributed by atoms with van der Waals surface area (Å²) in [4.78, 5) is 11.4. The first-order chi connectivity index (χ1) is 7.61. The summed E-state index contributed by atoms with van der Waals surface area (Å²) < 4.78 is 13.0. The number of anilines is 1. The average molecular weight is 222 g/mol. The normalized spacial score (nSPS) is 9.88. The van der Waals surface area contributed by atoms with E-state index in [9.17, 15) is 9.18 Å². The zero-order valence-electron chi connectivity index (χ0n) is 9.22. The van der Waals surface area contributed by atoms with E-state index in [-0.39, 0.29) is 18.3 Å². The van der Waals surface area contributed by atoms with Crippen LogP contribution in [0.5, 0.6) is 0 Å². The van der Waals surface area contributed by atoms with Crippen molar-refractivity contribution in [2.75, 3.05) is 18.4 Å². The highest BCUT2D eigenvalue weighted by molar-refractivity contribution is 5.92. The smallest absolute Gasteiger partial charge is 0.238 e. The van der Waals surface area contributed by atoms with Crippen LogP contribution in [0.1, 0.15) is 5.56 Å². The van der Waals surface area contributed by atoms with Crippen molar-refractivity contribution in [3.05, 3.63) is 42.2 Å². The molecule has 0 heterocycles. The maximum Gasteiger partial charge on any atom is 0.238 e. The van der Waals surface area contributed by atoms with Crippen LogP contribution in [0, 0.1) is 12.7 Å². The monoisotopic (exact) mass is 222 g/mol. The van der Waals surface area contributed by atoms with Gasteiger partial charge in [0, 0.05) is 12.2 Å². The summed E-state index contributed by atoms with van der Waals surface area (Å²) in [5, 5.41) is 5.47. The van der Waals surface area contributed by atoms with Crippen LogP contribution in [-0.4, -0.2) is 19.0 Å². The van der Waals surface area contributed by atoms with Crippen molar-refractivity contribution >= 4 is 11.6 Å². The summed E-state index contributed by atoms with van der Waals surface area (Å²) in [6, 6.07) is 4.42. The number of halogens is 1. The van der Waals surface area contributed by atoms with Gasteiger partial charge in [-0.2, -0.15) is 0 Å². The first-order valence-corrected chi connectivity index (χ1v) is 5.00. The number of nitrogens with one attached hydrogen (secondary N) is 2. The number of benzene rings is 1. The van der Waals surface area contributed by atoms with Crippen molar-refractivity contribution in [1.82, 2.24) is 5.32 Å². The van der Waals surface area contributed by atoms with Gasteiger partial charge in [0.05, 0.1) is 6.54 Å². The number of aryl methyl sites for hydroxylation is 1. The number of carbonyl (C=O) groups is 1. The third kappa shape index (κ3) is 4.23. The Bertz CT molecular complexity index is 370. The Hall–Kier alpha value is -1.68. The van der Waals surface area contributed by atoms with Crippen molar-refractivity contribution in [1.29, 1.82) is 0 Å². The molecule has 0 unspecified atom stereocenters. The summed E-state index contributed by atoms with van der Waals surface area (Å²) in [5.41, 5.74) is 1.25. The van der Waals surface area contributed by atoms with Gasteiger partial charge in [0.25, 0.3) is 0 Å². The number of hydrogen-bond donors (Lipinski definition) is 2. The molecule has 2 N–H and O–H groups in total. The Kier molecular flexibility index (Phi) is 4.66. The lowest BCUT2D eigenvalue weighted by atomic mass is 10.2. The Morgan fingerprint density at radius 3 is 2.88 bits per heavy atom. The summed E-state index contributed by atoms with van der Waals surface area (Å²) in [6.45, 7) is 6.04. The van der Waals surface area contributed by atoms with E-state index in [1.807, 2.05) is 0 Å². The van der Waals surface area contributed by atoms with E-state index < -0.39 is 0 Å². The molecule has 1 amide bonds. The molecule has 0 saturated heterocycles. The minimum atomic E-state index is -0.352. The molecule has 1 aromatic carbocycles. The maximum atomic E-state index is 13.0. The fourth-order valence-electron chi connectivity index (χ4n) is 1.30. The van der Waals surface area contributed by atoms with Gasteiger partial charge in [-0.1, -0.05) is 6.08 Å². The fraction of sp³-hybridized carbons (Fsp3) is 0.250. The molecule has 0 aliphatic rings. The van der Waals surface area contributed by atoms with Gasteiger partial charge in [0.1, 0.15) is 5.82 Å². The number of hydrogen-bond acceptors (Lipinski definition) is 2. The van der Waals surface area contributed by atoms with Crippen LogP contribution in [0.3, 0.4) is 0 Å². The van der Waals surface area contributed by atoms with Crippen LogP contribution in [0.4, 0.5) is 10.1 Å². The maximum absolute atomic E-state index is 13.0. The van der Waals surface area contributed by atoms with Crippen molar-refractivity contribution < 1.29 is 9.18 Å². The molecule has 0 radical (unpaired) electrons. The lowest BCUT2D eigenvalue weighted by Gasteiger charge is -2.06. The highest BCUT2D eigenvalue weighted by Crippen LogP contribution is 2.12. The second-order valence-corrected chi connectivity index (χ2v) is 3.49. The van der Waals surface area contributed by atoms with Crippen molar-refractivity contribution in [2.24, 2.45) is 0 Å². The van der Waals surface area contributed by atoms with Crippen LogP contribution < -0.4 is 10.6 Å². The molecule has 0 aliphatic carbocycles. The van der Waals surface area contributed by atoms with Gasteiger partial charge >= 0.3 is 0 Å².